The van der Waals surface area contributed by atoms with E-state index in [4.69, 9.17) is 5.84 Å². The summed E-state index contributed by atoms with van der Waals surface area (Å²) in [4.78, 5) is 0. The summed E-state index contributed by atoms with van der Waals surface area (Å²) in [6.45, 7) is 1.71. The fourth-order valence-corrected chi connectivity index (χ4v) is 4.05. The van der Waals surface area contributed by atoms with E-state index < -0.39 is 11.7 Å². The van der Waals surface area contributed by atoms with E-state index in [9.17, 15) is 13.2 Å². The smallest absolute Gasteiger partial charge is 0.271 e. The minimum absolute atomic E-state index is 0.0948. The first-order chi connectivity index (χ1) is 9.43. The van der Waals surface area contributed by atoms with Crippen molar-refractivity contribution in [3.63, 3.8) is 0 Å². The molecular formula is C14H19F3N2S. The minimum Gasteiger partial charge on any atom is -0.271 e. The van der Waals surface area contributed by atoms with Crippen molar-refractivity contribution in [3.8, 4) is 0 Å². The van der Waals surface area contributed by atoms with Gasteiger partial charge in [0.2, 0.25) is 0 Å². The molecule has 20 heavy (non-hydrogen) atoms. The van der Waals surface area contributed by atoms with Crippen molar-refractivity contribution in [2.24, 2.45) is 5.84 Å². The molecule has 1 aromatic rings. The first-order valence-electron chi connectivity index (χ1n) is 6.69. The Bertz CT molecular complexity index is 456. The lowest BCUT2D eigenvalue weighted by Gasteiger charge is -2.30. The van der Waals surface area contributed by atoms with Gasteiger partial charge in [0.15, 0.2) is 0 Å². The van der Waals surface area contributed by atoms with Gasteiger partial charge in [-0.1, -0.05) is 12.5 Å². The average Bonchev–Trinajstić information content (AvgIpc) is 2.41. The van der Waals surface area contributed by atoms with Crippen LogP contribution >= 0.6 is 11.8 Å². The molecule has 2 rings (SSSR count). The minimum atomic E-state index is -4.30. The van der Waals surface area contributed by atoms with Gasteiger partial charge < -0.3 is 0 Å². The van der Waals surface area contributed by atoms with Crippen molar-refractivity contribution >= 4 is 11.8 Å². The Morgan fingerprint density at radius 2 is 2.10 bits per heavy atom. The van der Waals surface area contributed by atoms with Crippen LogP contribution < -0.4 is 11.3 Å². The Morgan fingerprint density at radius 1 is 1.35 bits per heavy atom. The molecule has 0 spiro atoms. The fourth-order valence-electron chi connectivity index (χ4n) is 2.63. The molecule has 1 aliphatic rings. The van der Waals surface area contributed by atoms with E-state index >= 15 is 0 Å². The second-order valence-electron chi connectivity index (χ2n) is 5.12. The monoisotopic (exact) mass is 304 g/mol. The quantitative estimate of drug-likeness (QED) is 0.659. The normalized spacial score (nSPS) is 21.8. The van der Waals surface area contributed by atoms with Crippen LogP contribution in [0.25, 0.3) is 0 Å². The number of hydrazine groups is 1. The molecule has 0 amide bonds. The lowest BCUT2D eigenvalue weighted by atomic mass is 9.94. The summed E-state index contributed by atoms with van der Waals surface area (Å²) in [5, 5.41) is 0.323. The van der Waals surface area contributed by atoms with Gasteiger partial charge in [-0.25, -0.2) is 0 Å². The van der Waals surface area contributed by atoms with Crippen molar-refractivity contribution in [1.82, 2.24) is 5.43 Å². The van der Waals surface area contributed by atoms with Crippen molar-refractivity contribution in [2.45, 2.75) is 43.7 Å². The number of alkyl halides is 3. The number of hydrogen-bond acceptors (Lipinski definition) is 3. The molecule has 3 N–H and O–H groups in total. The molecule has 1 fully saturated rings. The Balaban J connectivity index is 2.26. The Morgan fingerprint density at radius 3 is 2.60 bits per heavy atom. The van der Waals surface area contributed by atoms with Gasteiger partial charge in [-0.05, 0) is 48.8 Å². The summed E-state index contributed by atoms with van der Waals surface area (Å²) in [5.74, 6) is 6.73. The highest BCUT2D eigenvalue weighted by atomic mass is 32.2. The molecule has 6 heteroatoms. The van der Waals surface area contributed by atoms with Crippen LogP contribution in [0.5, 0.6) is 0 Å². The van der Waals surface area contributed by atoms with Crippen LogP contribution in [-0.2, 0) is 6.18 Å². The SMILES string of the molecule is Cc1cc(C(F)(F)F)ccc1C(NN)C1CCCCS1. The summed E-state index contributed by atoms with van der Waals surface area (Å²) < 4.78 is 38.1. The van der Waals surface area contributed by atoms with Crippen LogP contribution in [0.1, 0.15) is 42.0 Å². The van der Waals surface area contributed by atoms with Crippen LogP contribution in [0, 0.1) is 6.92 Å². The van der Waals surface area contributed by atoms with Crippen LogP contribution in [0.15, 0.2) is 18.2 Å². The van der Waals surface area contributed by atoms with Crippen LogP contribution in [-0.4, -0.2) is 11.0 Å². The molecule has 2 unspecified atom stereocenters. The molecule has 0 saturated carbocycles. The molecule has 0 aromatic heterocycles. The highest BCUT2D eigenvalue weighted by molar-refractivity contribution is 8.00. The molecular weight excluding hydrogens is 285 g/mol. The lowest BCUT2D eigenvalue weighted by molar-refractivity contribution is -0.137. The van der Waals surface area contributed by atoms with Gasteiger partial charge >= 0.3 is 6.18 Å². The van der Waals surface area contributed by atoms with Gasteiger partial charge in [0, 0.05) is 5.25 Å². The van der Waals surface area contributed by atoms with Crippen molar-refractivity contribution in [3.05, 3.63) is 34.9 Å². The molecule has 2 nitrogen and oxygen atoms in total. The topological polar surface area (TPSA) is 38.0 Å². The average molecular weight is 304 g/mol. The second-order valence-corrected chi connectivity index (χ2v) is 6.47. The molecule has 1 aromatic carbocycles. The van der Waals surface area contributed by atoms with E-state index in [1.165, 1.54) is 12.5 Å². The molecule has 0 aliphatic carbocycles. The van der Waals surface area contributed by atoms with Gasteiger partial charge in [-0.2, -0.15) is 24.9 Å². The summed E-state index contributed by atoms with van der Waals surface area (Å²) in [6.07, 6.45) is -0.908. The fraction of sp³-hybridized carbons (Fsp3) is 0.571. The third-order valence-corrected chi connectivity index (χ3v) is 5.16. The van der Waals surface area contributed by atoms with Crippen LogP contribution in [0.4, 0.5) is 13.2 Å². The number of hydrogen-bond donors (Lipinski definition) is 2. The summed E-state index contributed by atoms with van der Waals surface area (Å²) in [6, 6.07) is 3.80. The molecule has 0 radical (unpaired) electrons. The van der Waals surface area contributed by atoms with Gasteiger partial charge in [0.25, 0.3) is 0 Å². The largest absolute Gasteiger partial charge is 0.416 e. The molecule has 1 heterocycles. The third kappa shape index (κ3) is 3.48. The Hall–Kier alpha value is -0.720. The van der Waals surface area contributed by atoms with Gasteiger partial charge in [-0.3, -0.25) is 11.3 Å². The van der Waals surface area contributed by atoms with Gasteiger partial charge in [-0.15, -0.1) is 0 Å². The van der Waals surface area contributed by atoms with E-state index in [0.29, 0.717) is 10.8 Å². The van der Waals surface area contributed by atoms with E-state index in [2.05, 4.69) is 5.43 Å². The summed E-state index contributed by atoms with van der Waals surface area (Å²) in [7, 11) is 0. The molecule has 1 saturated heterocycles. The maximum atomic E-state index is 12.7. The predicted octanol–water partition coefficient (Wildman–Crippen LogP) is 3.80. The number of halogens is 3. The molecule has 0 bridgehead atoms. The van der Waals surface area contributed by atoms with Crippen LogP contribution in [0.3, 0.4) is 0 Å². The van der Waals surface area contributed by atoms with Crippen molar-refractivity contribution in [2.75, 3.05) is 5.75 Å². The zero-order valence-corrected chi connectivity index (χ0v) is 12.2. The Labute approximate surface area is 121 Å². The highest BCUT2D eigenvalue weighted by Gasteiger charge is 2.32. The third-order valence-electron chi connectivity index (χ3n) is 3.70. The summed E-state index contributed by atoms with van der Waals surface area (Å²) >= 11 is 1.84. The lowest BCUT2D eigenvalue weighted by Crippen LogP contribution is -2.36. The zero-order valence-electron chi connectivity index (χ0n) is 11.3. The number of benzene rings is 1. The maximum Gasteiger partial charge on any atom is 0.416 e. The van der Waals surface area contributed by atoms with E-state index in [1.54, 1.807) is 13.0 Å². The van der Waals surface area contributed by atoms with Gasteiger partial charge in [0.1, 0.15) is 0 Å². The van der Waals surface area contributed by atoms with E-state index in [-0.39, 0.29) is 6.04 Å². The predicted molar refractivity (Wildman–Crippen MR) is 76.3 cm³/mol. The first-order valence-corrected chi connectivity index (χ1v) is 7.74. The highest BCUT2D eigenvalue weighted by Crippen LogP contribution is 2.37. The van der Waals surface area contributed by atoms with Crippen LogP contribution in [0.2, 0.25) is 0 Å². The molecule has 112 valence electrons. The zero-order chi connectivity index (χ0) is 14.8. The number of thioether (sulfide) groups is 1. The van der Waals surface area contributed by atoms with Crippen molar-refractivity contribution < 1.29 is 13.2 Å². The number of nitrogens with one attached hydrogen (secondary N) is 1. The standard InChI is InChI=1S/C14H19F3N2S/c1-9-8-10(14(15,16)17)5-6-11(9)13(19-18)12-4-2-3-7-20-12/h5-6,8,12-13,19H,2-4,7,18H2,1H3. The second kappa shape index (κ2) is 6.37. The maximum absolute atomic E-state index is 12.7. The molecule has 2 atom stereocenters. The number of rotatable bonds is 3. The number of aryl methyl sites for hydroxylation is 1. The van der Waals surface area contributed by atoms with E-state index in [1.807, 2.05) is 11.8 Å². The van der Waals surface area contributed by atoms with E-state index in [0.717, 1.165) is 30.2 Å². The first kappa shape index (κ1) is 15.7. The molecule has 1 aliphatic heterocycles. The summed E-state index contributed by atoms with van der Waals surface area (Å²) in [5.41, 5.74) is 3.67. The Kier molecular flexibility index (Phi) is 4.99. The van der Waals surface area contributed by atoms with Gasteiger partial charge in [0.05, 0.1) is 11.6 Å². The van der Waals surface area contributed by atoms with Crippen molar-refractivity contribution in [1.29, 1.82) is 0 Å². The number of nitrogens with two attached hydrogens (primary N) is 1.